The van der Waals surface area contributed by atoms with Crippen molar-refractivity contribution < 1.29 is 27.1 Å². The zero-order chi connectivity index (χ0) is 21.4. The largest absolute Gasteiger partial charge is 0.452 e. The van der Waals surface area contributed by atoms with Crippen molar-refractivity contribution in [1.82, 2.24) is 9.97 Å². The number of halogens is 4. The predicted molar refractivity (Wildman–Crippen MR) is 95.6 cm³/mol. The summed E-state index contributed by atoms with van der Waals surface area (Å²) in [6, 6.07) is 2.82. The van der Waals surface area contributed by atoms with Crippen molar-refractivity contribution in [2.75, 3.05) is 5.32 Å². The Morgan fingerprint density at radius 1 is 1.31 bits per heavy atom. The van der Waals surface area contributed by atoms with Crippen LogP contribution >= 0.6 is 0 Å². The molecule has 1 aliphatic heterocycles. The summed E-state index contributed by atoms with van der Waals surface area (Å²) in [5.41, 5.74) is 4.41. The molecule has 154 valence electrons. The summed E-state index contributed by atoms with van der Waals surface area (Å²) in [5, 5.41) is 2.51. The van der Waals surface area contributed by atoms with Crippen LogP contribution in [0.3, 0.4) is 0 Å². The van der Waals surface area contributed by atoms with Crippen molar-refractivity contribution in [1.29, 1.82) is 0 Å². The first-order valence-corrected chi connectivity index (χ1v) is 8.47. The van der Waals surface area contributed by atoms with E-state index in [4.69, 9.17) is 5.73 Å². The van der Waals surface area contributed by atoms with Gasteiger partial charge in [0.1, 0.15) is 11.5 Å². The topological polar surface area (TPSA) is 102 Å². The first kappa shape index (κ1) is 20.5. The SMILES string of the molecule is Cc1cnc(C(=O)Nc2ccc(F)c([C@]3(C)C[C@@H](C(F)(F)F)OC(N)=N3)c2)cn1. The minimum atomic E-state index is -4.70. The molecule has 7 nitrogen and oxygen atoms in total. The number of aryl methyl sites for hydroxylation is 1. The van der Waals surface area contributed by atoms with E-state index < -0.39 is 42.0 Å². The van der Waals surface area contributed by atoms with Crippen molar-refractivity contribution in [3.8, 4) is 0 Å². The fourth-order valence-corrected chi connectivity index (χ4v) is 2.94. The molecule has 0 saturated carbocycles. The number of hydrogen-bond donors (Lipinski definition) is 2. The molecule has 0 saturated heterocycles. The maximum absolute atomic E-state index is 14.5. The molecular formula is C18H17F4N5O2. The van der Waals surface area contributed by atoms with Gasteiger partial charge in [0.25, 0.3) is 11.9 Å². The molecule has 1 aliphatic rings. The number of hydrogen-bond acceptors (Lipinski definition) is 6. The summed E-state index contributed by atoms with van der Waals surface area (Å²) in [5.74, 6) is -1.40. The Labute approximate surface area is 163 Å². The number of aromatic nitrogens is 2. The number of amides is 1. The van der Waals surface area contributed by atoms with E-state index in [1.54, 1.807) is 6.92 Å². The van der Waals surface area contributed by atoms with Gasteiger partial charge in [0.15, 0.2) is 6.10 Å². The Balaban J connectivity index is 1.91. The van der Waals surface area contributed by atoms with E-state index in [-0.39, 0.29) is 16.9 Å². The number of rotatable bonds is 3. The molecule has 0 aliphatic carbocycles. The van der Waals surface area contributed by atoms with Crippen LogP contribution in [0.1, 0.15) is 35.1 Å². The Kier molecular flexibility index (Phi) is 5.16. The van der Waals surface area contributed by atoms with E-state index in [1.165, 1.54) is 31.5 Å². The minimum absolute atomic E-state index is 0.0261. The number of nitrogens with two attached hydrogens (primary N) is 1. The average Bonchev–Trinajstić information content (AvgIpc) is 2.62. The number of alkyl halides is 3. The number of ether oxygens (including phenoxy) is 1. The lowest BCUT2D eigenvalue weighted by Gasteiger charge is -2.36. The van der Waals surface area contributed by atoms with Crippen molar-refractivity contribution in [3.63, 3.8) is 0 Å². The average molecular weight is 411 g/mol. The first-order chi connectivity index (χ1) is 13.5. The van der Waals surface area contributed by atoms with Crippen LogP contribution in [0, 0.1) is 12.7 Å². The number of nitrogens with zero attached hydrogens (tertiary/aromatic N) is 3. The molecular weight excluding hydrogens is 394 g/mol. The lowest BCUT2D eigenvalue weighted by Crippen LogP contribution is -2.46. The van der Waals surface area contributed by atoms with Gasteiger partial charge in [0, 0.05) is 23.9 Å². The Hall–Kier alpha value is -3.24. The minimum Gasteiger partial charge on any atom is -0.452 e. The van der Waals surface area contributed by atoms with E-state index in [9.17, 15) is 22.4 Å². The standard InChI is InChI=1S/C18H17F4N5O2/c1-9-7-25-13(8-24-9)15(28)26-10-3-4-12(19)11(5-10)17(2)6-14(18(20,21)22)29-16(23)27-17/h3-5,7-8,14H,6H2,1-2H3,(H2,23,27)(H,26,28)/t14-,17-/m0/s1. The highest BCUT2D eigenvalue weighted by Gasteiger charge is 2.50. The number of amidine groups is 1. The van der Waals surface area contributed by atoms with Crippen LogP contribution < -0.4 is 11.1 Å². The molecule has 2 atom stereocenters. The molecule has 1 aromatic carbocycles. The molecule has 2 heterocycles. The number of benzene rings is 1. The Bertz CT molecular complexity index is 962. The van der Waals surface area contributed by atoms with Crippen LogP contribution in [0.2, 0.25) is 0 Å². The normalized spacial score (nSPS) is 21.9. The van der Waals surface area contributed by atoms with Gasteiger partial charge < -0.3 is 15.8 Å². The molecule has 0 fully saturated rings. The lowest BCUT2D eigenvalue weighted by molar-refractivity contribution is -0.208. The first-order valence-electron chi connectivity index (χ1n) is 8.47. The van der Waals surface area contributed by atoms with Crippen LogP contribution in [0.15, 0.2) is 35.6 Å². The summed E-state index contributed by atoms with van der Waals surface area (Å²) < 4.78 is 58.5. The smallest absolute Gasteiger partial charge is 0.425 e. The second-order valence-electron chi connectivity index (χ2n) is 6.77. The van der Waals surface area contributed by atoms with Crippen LogP contribution in [-0.2, 0) is 10.3 Å². The summed E-state index contributed by atoms with van der Waals surface area (Å²) in [6.07, 6.45) is -4.93. The molecule has 29 heavy (non-hydrogen) atoms. The highest BCUT2D eigenvalue weighted by Crippen LogP contribution is 2.41. The molecule has 0 unspecified atom stereocenters. The molecule has 1 amide bonds. The second-order valence-corrected chi connectivity index (χ2v) is 6.77. The third kappa shape index (κ3) is 4.44. The van der Waals surface area contributed by atoms with Crippen molar-refractivity contribution >= 4 is 17.6 Å². The fourth-order valence-electron chi connectivity index (χ4n) is 2.94. The van der Waals surface area contributed by atoms with Crippen LogP contribution in [0.25, 0.3) is 0 Å². The summed E-state index contributed by atoms with van der Waals surface area (Å²) in [7, 11) is 0. The van der Waals surface area contributed by atoms with Gasteiger partial charge in [-0.25, -0.2) is 14.4 Å². The van der Waals surface area contributed by atoms with Crippen LogP contribution in [0.4, 0.5) is 23.2 Å². The maximum Gasteiger partial charge on any atom is 0.425 e. The highest BCUT2D eigenvalue weighted by atomic mass is 19.4. The summed E-state index contributed by atoms with van der Waals surface area (Å²) in [4.78, 5) is 24.1. The van der Waals surface area contributed by atoms with E-state index in [0.717, 1.165) is 6.07 Å². The molecule has 11 heteroatoms. The molecule has 3 rings (SSSR count). The zero-order valence-electron chi connectivity index (χ0n) is 15.4. The van der Waals surface area contributed by atoms with Gasteiger partial charge in [-0.3, -0.25) is 9.78 Å². The molecule has 3 N–H and O–H groups in total. The number of carbonyl (C=O) groups is 1. The van der Waals surface area contributed by atoms with Gasteiger partial charge in [-0.1, -0.05) is 0 Å². The number of anilines is 1. The van der Waals surface area contributed by atoms with E-state index >= 15 is 0 Å². The molecule has 0 radical (unpaired) electrons. The van der Waals surface area contributed by atoms with Gasteiger partial charge in [-0.2, -0.15) is 13.2 Å². The van der Waals surface area contributed by atoms with E-state index in [2.05, 4.69) is 25.0 Å². The van der Waals surface area contributed by atoms with Crippen molar-refractivity contribution in [3.05, 3.63) is 53.4 Å². The lowest BCUT2D eigenvalue weighted by atomic mass is 9.85. The molecule has 0 spiro atoms. The monoisotopic (exact) mass is 411 g/mol. The van der Waals surface area contributed by atoms with Gasteiger partial charge in [-0.05, 0) is 32.0 Å². The Morgan fingerprint density at radius 2 is 2.03 bits per heavy atom. The number of aliphatic imine (C=N–C) groups is 1. The van der Waals surface area contributed by atoms with Gasteiger partial charge in [0.2, 0.25) is 0 Å². The molecule has 2 aromatic rings. The van der Waals surface area contributed by atoms with Crippen LogP contribution in [-0.4, -0.2) is 34.2 Å². The van der Waals surface area contributed by atoms with E-state index in [1.807, 2.05) is 0 Å². The number of nitrogens with one attached hydrogen (secondary N) is 1. The van der Waals surface area contributed by atoms with Gasteiger partial charge >= 0.3 is 6.18 Å². The van der Waals surface area contributed by atoms with Crippen molar-refractivity contribution in [2.45, 2.75) is 38.1 Å². The third-order valence-electron chi connectivity index (χ3n) is 4.39. The Morgan fingerprint density at radius 3 is 2.66 bits per heavy atom. The zero-order valence-corrected chi connectivity index (χ0v) is 15.4. The van der Waals surface area contributed by atoms with E-state index in [0.29, 0.717) is 5.69 Å². The van der Waals surface area contributed by atoms with Crippen LogP contribution in [0.5, 0.6) is 0 Å². The maximum atomic E-state index is 14.5. The van der Waals surface area contributed by atoms with Gasteiger partial charge in [0.05, 0.1) is 17.4 Å². The third-order valence-corrected chi connectivity index (χ3v) is 4.39. The fraction of sp³-hybridized carbons (Fsp3) is 0.333. The summed E-state index contributed by atoms with van der Waals surface area (Å²) in [6.45, 7) is 3.02. The second kappa shape index (κ2) is 7.30. The van der Waals surface area contributed by atoms with Gasteiger partial charge in [-0.15, -0.1) is 0 Å². The summed E-state index contributed by atoms with van der Waals surface area (Å²) >= 11 is 0. The molecule has 0 bridgehead atoms. The van der Waals surface area contributed by atoms with Crippen molar-refractivity contribution in [2.24, 2.45) is 10.7 Å². The highest BCUT2D eigenvalue weighted by molar-refractivity contribution is 6.02. The quantitative estimate of drug-likeness (QED) is 0.756. The number of carbonyl (C=O) groups excluding carboxylic acids is 1. The predicted octanol–water partition coefficient (Wildman–Crippen LogP) is 3.06. The molecule has 1 aromatic heterocycles.